The Hall–Kier alpha value is -3.06. The number of carbonyl (C=O) groups is 2. The lowest BCUT2D eigenvalue weighted by atomic mass is 10.1. The van der Waals surface area contributed by atoms with Gasteiger partial charge in [-0.15, -0.1) is 0 Å². The number of ether oxygens (including phenoxy) is 2. The summed E-state index contributed by atoms with van der Waals surface area (Å²) in [7, 11) is 0. The average Bonchev–Trinajstić information content (AvgIpc) is 2.93. The summed E-state index contributed by atoms with van der Waals surface area (Å²) in [5.74, 6) is 0. The highest BCUT2D eigenvalue weighted by molar-refractivity contribution is 5.69. The lowest BCUT2D eigenvalue weighted by Crippen LogP contribution is -2.45. The zero-order chi connectivity index (χ0) is 20.5. The Labute approximate surface area is 170 Å². The number of amides is 2. The van der Waals surface area contributed by atoms with E-state index in [4.69, 9.17) is 9.47 Å². The molecule has 3 rings (SSSR count). The number of hydrogen-bond acceptors (Lipinski definition) is 5. The van der Waals surface area contributed by atoms with Gasteiger partial charge in [0.2, 0.25) is 0 Å². The second-order valence-corrected chi connectivity index (χ2v) is 7.08. The molecule has 2 unspecified atom stereocenters. The second-order valence-electron chi connectivity index (χ2n) is 7.08. The van der Waals surface area contributed by atoms with E-state index in [2.05, 4.69) is 5.32 Å². The van der Waals surface area contributed by atoms with E-state index in [1.54, 1.807) is 0 Å². The van der Waals surface area contributed by atoms with E-state index in [-0.39, 0.29) is 32.3 Å². The summed E-state index contributed by atoms with van der Waals surface area (Å²) in [6.07, 6.45) is -0.700. The standard InChI is InChI=1S/C22H26N2O5/c25-20-12-11-19(23-21(26)28-15-17-7-3-1-4-8-17)13-24(14-20)22(27)29-16-18-9-5-2-6-10-18/h1-10,19-20,25H,11-16H2,(H,23,26). The number of β-amino-alcohol motifs (C(OH)–C–C–N with tert-alkyl or cyclic N) is 1. The molecule has 0 radical (unpaired) electrons. The minimum Gasteiger partial charge on any atom is -0.445 e. The molecular formula is C22H26N2O5. The first-order chi connectivity index (χ1) is 14.1. The van der Waals surface area contributed by atoms with E-state index >= 15 is 0 Å². The topological polar surface area (TPSA) is 88.1 Å². The van der Waals surface area contributed by atoms with Crippen molar-refractivity contribution in [1.29, 1.82) is 0 Å². The van der Waals surface area contributed by atoms with Crippen molar-refractivity contribution in [1.82, 2.24) is 10.2 Å². The van der Waals surface area contributed by atoms with Crippen LogP contribution in [-0.4, -0.2) is 47.4 Å². The summed E-state index contributed by atoms with van der Waals surface area (Å²) in [6, 6.07) is 18.5. The van der Waals surface area contributed by atoms with Crippen LogP contribution in [0.25, 0.3) is 0 Å². The molecular weight excluding hydrogens is 372 g/mol. The molecule has 2 amide bonds. The number of benzene rings is 2. The van der Waals surface area contributed by atoms with Crippen LogP contribution in [0.15, 0.2) is 60.7 Å². The molecule has 2 aromatic rings. The van der Waals surface area contributed by atoms with Gasteiger partial charge in [0.05, 0.1) is 12.1 Å². The van der Waals surface area contributed by atoms with Gasteiger partial charge in [0.1, 0.15) is 13.2 Å². The molecule has 7 heteroatoms. The van der Waals surface area contributed by atoms with Crippen LogP contribution < -0.4 is 5.32 Å². The van der Waals surface area contributed by atoms with Crippen LogP contribution in [0.4, 0.5) is 9.59 Å². The Bertz CT molecular complexity index is 784. The van der Waals surface area contributed by atoms with Crippen LogP contribution in [0.1, 0.15) is 24.0 Å². The molecule has 1 heterocycles. The summed E-state index contributed by atoms with van der Waals surface area (Å²) < 4.78 is 10.6. The molecule has 1 fully saturated rings. The van der Waals surface area contributed by atoms with Crippen LogP contribution in [0.5, 0.6) is 0 Å². The first-order valence-electron chi connectivity index (χ1n) is 9.71. The number of hydrogen-bond donors (Lipinski definition) is 2. The highest BCUT2D eigenvalue weighted by atomic mass is 16.6. The summed E-state index contributed by atoms with van der Waals surface area (Å²) >= 11 is 0. The molecule has 154 valence electrons. The van der Waals surface area contributed by atoms with E-state index in [0.717, 1.165) is 11.1 Å². The zero-order valence-corrected chi connectivity index (χ0v) is 16.2. The number of nitrogens with zero attached hydrogens (tertiary/aromatic N) is 1. The van der Waals surface area contributed by atoms with Gasteiger partial charge in [-0.05, 0) is 24.0 Å². The van der Waals surface area contributed by atoms with Crippen molar-refractivity contribution >= 4 is 12.2 Å². The molecule has 2 N–H and O–H groups in total. The quantitative estimate of drug-likeness (QED) is 0.808. The lowest BCUT2D eigenvalue weighted by Gasteiger charge is -2.25. The molecule has 0 spiro atoms. The van der Waals surface area contributed by atoms with Crippen LogP contribution >= 0.6 is 0 Å². The number of aliphatic hydroxyl groups excluding tert-OH is 1. The Morgan fingerprint density at radius 3 is 2.10 bits per heavy atom. The number of alkyl carbamates (subject to hydrolysis) is 1. The van der Waals surface area contributed by atoms with Crippen molar-refractivity contribution in [3.8, 4) is 0 Å². The van der Waals surface area contributed by atoms with Gasteiger partial charge in [-0.1, -0.05) is 60.7 Å². The maximum atomic E-state index is 12.5. The summed E-state index contributed by atoms with van der Waals surface area (Å²) in [4.78, 5) is 26.0. The maximum absolute atomic E-state index is 12.5. The van der Waals surface area contributed by atoms with E-state index in [1.807, 2.05) is 60.7 Å². The first-order valence-corrected chi connectivity index (χ1v) is 9.71. The normalized spacial score (nSPS) is 19.1. The molecule has 0 saturated carbocycles. The van der Waals surface area contributed by atoms with E-state index < -0.39 is 18.3 Å². The van der Waals surface area contributed by atoms with Gasteiger partial charge in [-0.3, -0.25) is 0 Å². The summed E-state index contributed by atoms with van der Waals surface area (Å²) in [6.45, 7) is 0.754. The fourth-order valence-electron chi connectivity index (χ4n) is 3.18. The molecule has 1 aliphatic heterocycles. The van der Waals surface area contributed by atoms with Crippen LogP contribution in [-0.2, 0) is 22.7 Å². The first kappa shape index (κ1) is 20.7. The molecule has 2 aromatic carbocycles. The summed E-state index contributed by atoms with van der Waals surface area (Å²) in [5, 5.41) is 12.9. The van der Waals surface area contributed by atoms with Crippen LogP contribution in [0.3, 0.4) is 0 Å². The average molecular weight is 398 g/mol. The number of nitrogens with one attached hydrogen (secondary N) is 1. The van der Waals surface area contributed by atoms with E-state index in [0.29, 0.717) is 12.8 Å². The van der Waals surface area contributed by atoms with Gasteiger partial charge in [-0.2, -0.15) is 0 Å². The van der Waals surface area contributed by atoms with Gasteiger partial charge in [0, 0.05) is 13.1 Å². The predicted octanol–water partition coefficient (Wildman–Crippen LogP) is 3.07. The molecule has 0 bridgehead atoms. The van der Waals surface area contributed by atoms with Crippen molar-refractivity contribution in [3.05, 3.63) is 71.8 Å². The monoisotopic (exact) mass is 398 g/mol. The SMILES string of the molecule is O=C(NC1CCC(O)CN(C(=O)OCc2ccccc2)C1)OCc1ccccc1. The summed E-state index contributed by atoms with van der Waals surface area (Å²) in [5.41, 5.74) is 1.78. The van der Waals surface area contributed by atoms with Crippen molar-refractivity contribution in [3.63, 3.8) is 0 Å². The van der Waals surface area contributed by atoms with Crippen molar-refractivity contribution in [2.24, 2.45) is 0 Å². The smallest absolute Gasteiger partial charge is 0.410 e. The number of likely N-dealkylation sites (tertiary alicyclic amines) is 1. The maximum Gasteiger partial charge on any atom is 0.410 e. The van der Waals surface area contributed by atoms with Crippen LogP contribution in [0, 0.1) is 0 Å². The van der Waals surface area contributed by atoms with Crippen molar-refractivity contribution in [2.45, 2.75) is 38.2 Å². The number of carbonyl (C=O) groups excluding carboxylic acids is 2. The van der Waals surface area contributed by atoms with Gasteiger partial charge in [0.25, 0.3) is 0 Å². The zero-order valence-electron chi connectivity index (χ0n) is 16.2. The third-order valence-corrected chi connectivity index (χ3v) is 4.72. The largest absolute Gasteiger partial charge is 0.445 e. The van der Waals surface area contributed by atoms with Crippen molar-refractivity contribution < 1.29 is 24.2 Å². The van der Waals surface area contributed by atoms with Gasteiger partial charge < -0.3 is 24.8 Å². The minimum absolute atomic E-state index is 0.156. The second kappa shape index (κ2) is 10.5. The third kappa shape index (κ3) is 6.80. The highest BCUT2D eigenvalue weighted by Gasteiger charge is 2.28. The molecule has 0 aliphatic carbocycles. The molecule has 1 aliphatic rings. The fourth-order valence-corrected chi connectivity index (χ4v) is 3.18. The molecule has 2 atom stereocenters. The van der Waals surface area contributed by atoms with Gasteiger partial charge in [0.15, 0.2) is 0 Å². The van der Waals surface area contributed by atoms with Crippen molar-refractivity contribution in [2.75, 3.05) is 13.1 Å². The lowest BCUT2D eigenvalue weighted by molar-refractivity contribution is 0.0727. The van der Waals surface area contributed by atoms with Gasteiger partial charge in [-0.25, -0.2) is 9.59 Å². The Morgan fingerprint density at radius 1 is 0.897 bits per heavy atom. The Morgan fingerprint density at radius 2 is 1.48 bits per heavy atom. The minimum atomic E-state index is -0.661. The highest BCUT2D eigenvalue weighted by Crippen LogP contribution is 2.14. The van der Waals surface area contributed by atoms with E-state index in [1.165, 1.54) is 4.90 Å². The number of rotatable bonds is 5. The predicted molar refractivity (Wildman–Crippen MR) is 107 cm³/mol. The van der Waals surface area contributed by atoms with Crippen LogP contribution in [0.2, 0.25) is 0 Å². The molecule has 1 saturated heterocycles. The Balaban J connectivity index is 1.50. The molecule has 0 aromatic heterocycles. The molecule has 7 nitrogen and oxygen atoms in total. The number of aliphatic hydroxyl groups is 1. The fraction of sp³-hybridized carbons (Fsp3) is 0.364. The van der Waals surface area contributed by atoms with Gasteiger partial charge >= 0.3 is 12.2 Å². The molecule has 29 heavy (non-hydrogen) atoms. The Kier molecular flexibility index (Phi) is 7.47. The van der Waals surface area contributed by atoms with E-state index in [9.17, 15) is 14.7 Å². The third-order valence-electron chi connectivity index (χ3n) is 4.72.